The maximum absolute atomic E-state index is 13.3. The van der Waals surface area contributed by atoms with Crippen molar-refractivity contribution in [2.45, 2.75) is 18.9 Å². The van der Waals surface area contributed by atoms with Crippen LogP contribution in [0, 0.1) is 11.6 Å². The molecule has 176 valence electrons. The molecule has 1 aromatic heterocycles. The predicted octanol–water partition coefficient (Wildman–Crippen LogP) is 3.55. The quantitative estimate of drug-likeness (QED) is 0.529. The summed E-state index contributed by atoms with van der Waals surface area (Å²) >= 11 is 0. The van der Waals surface area contributed by atoms with E-state index < -0.39 is 23.4 Å². The number of nitrogens with one attached hydrogen (secondary N) is 2. The second-order valence-corrected chi connectivity index (χ2v) is 7.90. The molecule has 0 unspecified atom stereocenters. The van der Waals surface area contributed by atoms with Gasteiger partial charge in [-0.25, -0.2) is 8.78 Å². The van der Waals surface area contributed by atoms with Crippen molar-refractivity contribution in [1.29, 1.82) is 0 Å². The van der Waals surface area contributed by atoms with E-state index in [0.717, 1.165) is 12.1 Å². The lowest BCUT2D eigenvalue weighted by molar-refractivity contribution is 0.0697. The summed E-state index contributed by atoms with van der Waals surface area (Å²) in [5.74, 6) is -3.55. The van der Waals surface area contributed by atoms with E-state index >= 15 is 0 Å². The first-order valence-corrected chi connectivity index (χ1v) is 10.5. The molecule has 0 atom stereocenters. The van der Waals surface area contributed by atoms with Crippen LogP contribution in [0.25, 0.3) is 0 Å². The van der Waals surface area contributed by atoms with Gasteiger partial charge in [-0.3, -0.25) is 14.4 Å². The first kappa shape index (κ1) is 23.0. The lowest BCUT2D eigenvalue weighted by Crippen LogP contribution is -2.46. The standard InChI is InChI=1S/C24H21F2N3O5/c25-16-9-15(10-17(26)11-16)22(31)28-19-1-2-20(21(30)12-19)23(32)27-18-3-6-29(7-4-18)24(33)14-5-8-34-13-14/h1-2,5,8-13,18,30H,3-4,6-7H2,(H,27,32)(H,28,31). The smallest absolute Gasteiger partial charge is 0.257 e. The van der Waals surface area contributed by atoms with Crippen LogP contribution in [0.5, 0.6) is 5.75 Å². The number of anilines is 1. The highest BCUT2D eigenvalue weighted by molar-refractivity contribution is 6.05. The number of likely N-dealkylation sites (tertiary alicyclic amines) is 1. The molecule has 1 fully saturated rings. The zero-order valence-electron chi connectivity index (χ0n) is 17.9. The number of furan rings is 1. The molecule has 0 saturated carbocycles. The van der Waals surface area contributed by atoms with Gasteiger partial charge in [0.1, 0.15) is 23.6 Å². The molecule has 0 aliphatic carbocycles. The van der Waals surface area contributed by atoms with E-state index in [0.29, 0.717) is 37.6 Å². The molecule has 0 bridgehead atoms. The van der Waals surface area contributed by atoms with E-state index in [4.69, 9.17) is 4.42 Å². The number of hydrogen-bond acceptors (Lipinski definition) is 5. The second kappa shape index (κ2) is 9.74. The molecule has 4 rings (SSSR count). The molecule has 3 N–H and O–H groups in total. The van der Waals surface area contributed by atoms with E-state index in [2.05, 4.69) is 10.6 Å². The number of carbonyl (C=O) groups is 3. The van der Waals surface area contributed by atoms with Gasteiger partial charge in [-0.15, -0.1) is 0 Å². The van der Waals surface area contributed by atoms with Gasteiger partial charge in [0.2, 0.25) is 0 Å². The molecule has 3 aromatic rings. The van der Waals surface area contributed by atoms with Crippen LogP contribution in [0.15, 0.2) is 59.4 Å². The van der Waals surface area contributed by atoms with Crippen molar-refractivity contribution in [3.8, 4) is 5.75 Å². The third-order valence-corrected chi connectivity index (χ3v) is 5.51. The highest BCUT2D eigenvalue weighted by Crippen LogP contribution is 2.24. The van der Waals surface area contributed by atoms with Gasteiger partial charge < -0.3 is 25.1 Å². The van der Waals surface area contributed by atoms with E-state index in [1.807, 2.05) is 0 Å². The van der Waals surface area contributed by atoms with Crippen molar-refractivity contribution >= 4 is 23.4 Å². The number of aromatic hydroxyl groups is 1. The van der Waals surface area contributed by atoms with Crippen LogP contribution in [0.3, 0.4) is 0 Å². The third-order valence-electron chi connectivity index (χ3n) is 5.51. The van der Waals surface area contributed by atoms with Crippen molar-refractivity contribution < 1.29 is 32.7 Å². The zero-order chi connectivity index (χ0) is 24.2. The number of phenols is 1. The summed E-state index contributed by atoms with van der Waals surface area (Å²) in [7, 11) is 0. The lowest BCUT2D eigenvalue weighted by atomic mass is 10.0. The normalized spacial score (nSPS) is 14.0. The summed E-state index contributed by atoms with van der Waals surface area (Å²) in [4.78, 5) is 38.9. The monoisotopic (exact) mass is 469 g/mol. The van der Waals surface area contributed by atoms with Crippen LogP contribution in [-0.4, -0.2) is 46.9 Å². The van der Waals surface area contributed by atoms with Crippen molar-refractivity contribution in [3.63, 3.8) is 0 Å². The molecule has 3 amide bonds. The Labute approximate surface area is 193 Å². The fraction of sp³-hybridized carbons (Fsp3) is 0.208. The van der Waals surface area contributed by atoms with Crippen LogP contribution in [0.2, 0.25) is 0 Å². The number of benzene rings is 2. The summed E-state index contributed by atoms with van der Waals surface area (Å²) < 4.78 is 31.6. The highest BCUT2D eigenvalue weighted by atomic mass is 19.1. The molecule has 1 aliphatic heterocycles. The molecule has 0 spiro atoms. The summed E-state index contributed by atoms with van der Waals surface area (Å²) in [5.41, 5.74) is 0.403. The van der Waals surface area contributed by atoms with Crippen molar-refractivity contribution in [2.75, 3.05) is 18.4 Å². The molecule has 34 heavy (non-hydrogen) atoms. The summed E-state index contributed by atoms with van der Waals surface area (Å²) in [6.45, 7) is 0.930. The van der Waals surface area contributed by atoms with E-state index in [1.165, 1.54) is 30.7 Å². The van der Waals surface area contributed by atoms with Gasteiger partial charge in [-0.2, -0.15) is 0 Å². The van der Waals surface area contributed by atoms with Gasteiger partial charge >= 0.3 is 0 Å². The minimum Gasteiger partial charge on any atom is -0.507 e. The van der Waals surface area contributed by atoms with E-state index in [1.54, 1.807) is 11.0 Å². The molecule has 8 nitrogen and oxygen atoms in total. The maximum Gasteiger partial charge on any atom is 0.257 e. The van der Waals surface area contributed by atoms with Gasteiger partial charge in [0.25, 0.3) is 17.7 Å². The Morgan fingerprint density at radius 2 is 1.65 bits per heavy atom. The zero-order valence-corrected chi connectivity index (χ0v) is 17.9. The average Bonchev–Trinajstić information content (AvgIpc) is 3.33. The number of piperidine rings is 1. The third kappa shape index (κ3) is 5.22. The van der Waals surface area contributed by atoms with Crippen LogP contribution in [-0.2, 0) is 0 Å². The minimum absolute atomic E-state index is 0.00621. The van der Waals surface area contributed by atoms with Gasteiger partial charge in [0.05, 0.1) is 17.4 Å². The Morgan fingerprint density at radius 1 is 0.941 bits per heavy atom. The van der Waals surface area contributed by atoms with Gasteiger partial charge in [-0.1, -0.05) is 0 Å². The van der Waals surface area contributed by atoms with E-state index in [-0.39, 0.29) is 34.5 Å². The second-order valence-electron chi connectivity index (χ2n) is 7.90. The number of hydrogen-bond donors (Lipinski definition) is 3. The Balaban J connectivity index is 1.33. The van der Waals surface area contributed by atoms with Crippen LogP contribution >= 0.6 is 0 Å². The molecule has 0 radical (unpaired) electrons. The fourth-order valence-corrected chi connectivity index (χ4v) is 3.75. The first-order valence-electron chi connectivity index (χ1n) is 10.5. The van der Waals surface area contributed by atoms with Crippen LogP contribution in [0.1, 0.15) is 43.9 Å². The molecular weight excluding hydrogens is 448 g/mol. The van der Waals surface area contributed by atoms with Gasteiger partial charge in [-0.05, 0) is 43.2 Å². The predicted molar refractivity (Wildman–Crippen MR) is 118 cm³/mol. The number of rotatable bonds is 5. The molecule has 1 aliphatic rings. The van der Waals surface area contributed by atoms with Crippen molar-refractivity contribution in [3.05, 3.63) is 83.3 Å². The largest absolute Gasteiger partial charge is 0.507 e. The Kier molecular flexibility index (Phi) is 6.58. The SMILES string of the molecule is O=C(Nc1ccc(C(=O)NC2CCN(C(=O)c3ccoc3)CC2)c(O)c1)c1cc(F)cc(F)c1. The van der Waals surface area contributed by atoms with Crippen molar-refractivity contribution in [2.24, 2.45) is 0 Å². The Hall–Kier alpha value is -4.21. The Morgan fingerprint density at radius 3 is 2.26 bits per heavy atom. The van der Waals surface area contributed by atoms with E-state index in [9.17, 15) is 28.3 Å². The summed E-state index contributed by atoms with van der Waals surface area (Å²) in [6.07, 6.45) is 3.93. The minimum atomic E-state index is -0.892. The number of nitrogens with zero attached hydrogens (tertiary/aromatic N) is 1. The molecule has 10 heteroatoms. The lowest BCUT2D eigenvalue weighted by Gasteiger charge is -2.32. The van der Waals surface area contributed by atoms with Crippen LogP contribution < -0.4 is 10.6 Å². The Bertz CT molecular complexity index is 1200. The molecule has 1 saturated heterocycles. The van der Waals surface area contributed by atoms with Crippen molar-refractivity contribution in [1.82, 2.24) is 10.2 Å². The topological polar surface area (TPSA) is 112 Å². The van der Waals surface area contributed by atoms with Gasteiger partial charge in [0.15, 0.2) is 0 Å². The average molecular weight is 469 g/mol. The number of carbonyl (C=O) groups excluding carboxylic acids is 3. The fourth-order valence-electron chi connectivity index (χ4n) is 3.75. The number of amides is 3. The number of phenolic OH excluding ortho intramolecular Hbond substituents is 1. The molecular formula is C24H21F2N3O5. The van der Waals surface area contributed by atoms with Gasteiger partial charge in [0, 0.05) is 42.5 Å². The summed E-state index contributed by atoms with van der Waals surface area (Å²) in [6, 6.07) is 7.75. The first-order chi connectivity index (χ1) is 16.3. The maximum atomic E-state index is 13.3. The highest BCUT2D eigenvalue weighted by Gasteiger charge is 2.26. The summed E-state index contributed by atoms with van der Waals surface area (Å²) in [5, 5.41) is 15.6. The van der Waals surface area contributed by atoms with Crippen LogP contribution in [0.4, 0.5) is 14.5 Å². The molecule has 2 aromatic carbocycles. The number of halogens is 2. The molecule has 2 heterocycles.